The highest BCUT2D eigenvalue weighted by atomic mass is 79.9. The molecule has 0 radical (unpaired) electrons. The molecule has 0 spiro atoms. The molecule has 2 heterocycles. The van der Waals surface area contributed by atoms with E-state index in [1.165, 1.54) is 0 Å². The largest absolute Gasteiger partial charge is 0.369 e. The molecule has 0 aliphatic carbocycles. The van der Waals surface area contributed by atoms with Gasteiger partial charge in [0.1, 0.15) is 5.69 Å². The third-order valence-corrected chi connectivity index (χ3v) is 4.70. The fraction of sp³-hybridized carbons (Fsp3) is 0.273. The van der Waals surface area contributed by atoms with Crippen LogP contribution in [-0.2, 0) is 6.42 Å². The zero-order valence-corrected chi connectivity index (χ0v) is 14.2. The molecule has 108 valence electrons. The first-order chi connectivity index (χ1) is 9.47. The van der Waals surface area contributed by atoms with Crippen molar-refractivity contribution in [2.24, 2.45) is 0 Å². The molecule has 0 aliphatic rings. The van der Waals surface area contributed by atoms with Gasteiger partial charge < -0.3 is 21.0 Å². The van der Waals surface area contributed by atoms with E-state index in [-0.39, 0.29) is 5.91 Å². The number of rotatable bonds is 5. The summed E-state index contributed by atoms with van der Waals surface area (Å²) in [5.74, 6) is 0.141. The molecule has 2 rings (SSSR count). The number of halogens is 3. The van der Waals surface area contributed by atoms with Gasteiger partial charge in [0.25, 0.3) is 5.91 Å². The molecule has 6 nitrogen and oxygen atoms in total. The van der Waals surface area contributed by atoms with Gasteiger partial charge in [0.2, 0.25) is 0 Å². The molecule has 2 aromatic rings. The standard InChI is InChI=1S/C11H12Br2ClN5O/c12-5-4-7(17-8(5)13)10(20)16-3-1-2-6-9(14)19-11(15)18-6/h4,17H,1-3H2,(H,16,20)(H3,15,18,19). The van der Waals surface area contributed by atoms with Gasteiger partial charge >= 0.3 is 0 Å². The maximum Gasteiger partial charge on any atom is 0.267 e. The molecule has 20 heavy (non-hydrogen) atoms. The van der Waals surface area contributed by atoms with Crippen LogP contribution in [0.2, 0.25) is 5.15 Å². The number of H-pyrrole nitrogens is 2. The van der Waals surface area contributed by atoms with Gasteiger partial charge in [-0.3, -0.25) is 4.79 Å². The summed E-state index contributed by atoms with van der Waals surface area (Å²) in [6.07, 6.45) is 1.40. The van der Waals surface area contributed by atoms with E-state index < -0.39 is 0 Å². The minimum Gasteiger partial charge on any atom is -0.369 e. The van der Waals surface area contributed by atoms with Gasteiger partial charge in [0, 0.05) is 6.54 Å². The number of imidazole rings is 1. The highest BCUT2D eigenvalue weighted by molar-refractivity contribution is 9.13. The Balaban J connectivity index is 1.78. The summed E-state index contributed by atoms with van der Waals surface area (Å²) in [7, 11) is 0. The van der Waals surface area contributed by atoms with Gasteiger partial charge in [-0.25, -0.2) is 4.98 Å². The Morgan fingerprint density at radius 2 is 2.20 bits per heavy atom. The molecular formula is C11H12Br2ClN5O. The first-order valence-electron chi connectivity index (χ1n) is 5.79. The van der Waals surface area contributed by atoms with Gasteiger partial charge in [-0.15, -0.1) is 0 Å². The summed E-state index contributed by atoms with van der Waals surface area (Å²) < 4.78 is 1.55. The summed E-state index contributed by atoms with van der Waals surface area (Å²) in [6, 6.07) is 1.71. The van der Waals surface area contributed by atoms with Crippen LogP contribution in [0.1, 0.15) is 22.6 Å². The van der Waals surface area contributed by atoms with Crippen molar-refractivity contribution in [1.82, 2.24) is 20.3 Å². The smallest absolute Gasteiger partial charge is 0.267 e. The zero-order valence-electron chi connectivity index (χ0n) is 10.3. The van der Waals surface area contributed by atoms with Gasteiger partial charge in [0.05, 0.1) is 14.8 Å². The molecule has 0 atom stereocenters. The monoisotopic (exact) mass is 423 g/mol. The Labute approximate surface area is 137 Å². The van der Waals surface area contributed by atoms with Crippen molar-refractivity contribution in [3.8, 4) is 0 Å². The minimum atomic E-state index is -0.161. The second-order valence-electron chi connectivity index (χ2n) is 4.10. The van der Waals surface area contributed by atoms with Crippen molar-refractivity contribution in [3.63, 3.8) is 0 Å². The van der Waals surface area contributed by atoms with Crippen LogP contribution in [0.5, 0.6) is 0 Å². The summed E-state index contributed by atoms with van der Waals surface area (Å²) in [6.45, 7) is 0.530. The van der Waals surface area contributed by atoms with E-state index >= 15 is 0 Å². The fourth-order valence-corrected chi connectivity index (χ4v) is 2.55. The number of amides is 1. The number of nitrogens with two attached hydrogens (primary N) is 1. The molecule has 5 N–H and O–H groups in total. The molecule has 1 amide bonds. The van der Waals surface area contributed by atoms with Crippen molar-refractivity contribution in [1.29, 1.82) is 0 Å². The number of aromatic nitrogens is 3. The number of aryl methyl sites for hydroxylation is 1. The average Bonchev–Trinajstić information content (AvgIpc) is 2.88. The van der Waals surface area contributed by atoms with Crippen molar-refractivity contribution in [2.45, 2.75) is 12.8 Å². The maximum absolute atomic E-state index is 11.8. The van der Waals surface area contributed by atoms with E-state index in [0.29, 0.717) is 29.8 Å². The molecule has 0 saturated carbocycles. The molecule has 0 bridgehead atoms. The van der Waals surface area contributed by atoms with Gasteiger partial charge in [-0.1, -0.05) is 11.6 Å². The molecule has 0 saturated heterocycles. The molecule has 2 aromatic heterocycles. The predicted octanol–water partition coefficient (Wildman–Crippen LogP) is 2.86. The Morgan fingerprint density at radius 3 is 2.75 bits per heavy atom. The first-order valence-corrected chi connectivity index (χ1v) is 7.76. The van der Waals surface area contributed by atoms with Crippen molar-refractivity contribution in [3.05, 3.63) is 31.7 Å². The Morgan fingerprint density at radius 1 is 1.45 bits per heavy atom. The average molecular weight is 426 g/mol. The lowest BCUT2D eigenvalue weighted by atomic mass is 10.2. The quantitative estimate of drug-likeness (QED) is 0.554. The van der Waals surface area contributed by atoms with Crippen LogP contribution in [0.4, 0.5) is 5.95 Å². The minimum absolute atomic E-state index is 0.161. The van der Waals surface area contributed by atoms with Crippen LogP contribution in [0, 0.1) is 0 Å². The summed E-state index contributed by atoms with van der Waals surface area (Å²) in [5.41, 5.74) is 6.76. The second kappa shape index (κ2) is 6.64. The van der Waals surface area contributed by atoms with Crippen LogP contribution < -0.4 is 11.1 Å². The summed E-state index contributed by atoms with van der Waals surface area (Å²) in [5, 5.41) is 3.20. The van der Waals surface area contributed by atoms with Crippen LogP contribution in [-0.4, -0.2) is 27.4 Å². The summed E-state index contributed by atoms with van der Waals surface area (Å²) >= 11 is 12.5. The Bertz CT molecular complexity index is 605. The van der Waals surface area contributed by atoms with Crippen LogP contribution >= 0.6 is 43.5 Å². The number of hydrogen-bond donors (Lipinski definition) is 4. The molecule has 0 fully saturated rings. The number of hydrogen-bond acceptors (Lipinski definition) is 3. The topological polar surface area (TPSA) is 99.6 Å². The maximum atomic E-state index is 11.8. The molecule has 0 aliphatic heterocycles. The highest BCUT2D eigenvalue weighted by Gasteiger charge is 2.11. The number of nitrogens with zero attached hydrogens (tertiary/aromatic N) is 1. The van der Waals surface area contributed by atoms with Crippen molar-refractivity contribution < 1.29 is 4.79 Å². The van der Waals surface area contributed by atoms with Crippen LogP contribution in [0.25, 0.3) is 0 Å². The number of nitrogens with one attached hydrogen (secondary N) is 3. The predicted molar refractivity (Wildman–Crippen MR) is 84.9 cm³/mol. The fourth-order valence-electron chi connectivity index (χ4n) is 1.66. The van der Waals surface area contributed by atoms with E-state index in [0.717, 1.165) is 21.2 Å². The van der Waals surface area contributed by atoms with E-state index in [4.69, 9.17) is 17.3 Å². The molecule has 0 aromatic carbocycles. The first kappa shape index (κ1) is 15.4. The third-order valence-electron chi connectivity index (χ3n) is 2.61. The van der Waals surface area contributed by atoms with Crippen LogP contribution in [0.15, 0.2) is 15.1 Å². The zero-order chi connectivity index (χ0) is 14.7. The van der Waals surface area contributed by atoms with Crippen molar-refractivity contribution in [2.75, 3.05) is 12.3 Å². The highest BCUT2D eigenvalue weighted by Crippen LogP contribution is 2.23. The lowest BCUT2D eigenvalue weighted by molar-refractivity contribution is 0.0948. The van der Waals surface area contributed by atoms with E-state index in [9.17, 15) is 4.79 Å². The van der Waals surface area contributed by atoms with Crippen LogP contribution in [0.3, 0.4) is 0 Å². The Hall–Kier alpha value is -0.990. The lowest BCUT2D eigenvalue weighted by Gasteiger charge is -2.03. The number of anilines is 1. The van der Waals surface area contributed by atoms with E-state index in [1.807, 2.05) is 0 Å². The van der Waals surface area contributed by atoms with Gasteiger partial charge in [-0.2, -0.15) is 0 Å². The number of carbonyl (C=O) groups excluding carboxylic acids is 1. The van der Waals surface area contributed by atoms with Gasteiger partial charge in [0.15, 0.2) is 11.1 Å². The molecular weight excluding hydrogens is 413 g/mol. The number of carbonyl (C=O) groups is 1. The molecule has 0 unspecified atom stereocenters. The normalized spacial score (nSPS) is 10.8. The third kappa shape index (κ3) is 3.77. The van der Waals surface area contributed by atoms with E-state index in [1.54, 1.807) is 6.07 Å². The Kier molecular flexibility index (Phi) is 5.11. The molecule has 9 heteroatoms. The van der Waals surface area contributed by atoms with Crippen molar-refractivity contribution >= 4 is 55.3 Å². The number of aromatic amines is 2. The van der Waals surface area contributed by atoms with E-state index in [2.05, 4.69) is 52.1 Å². The lowest BCUT2D eigenvalue weighted by Crippen LogP contribution is -2.25. The summed E-state index contributed by atoms with van der Waals surface area (Å²) in [4.78, 5) is 21.5. The van der Waals surface area contributed by atoms with Gasteiger partial charge in [-0.05, 0) is 50.8 Å². The SMILES string of the molecule is Nc1nc(Cl)c(CCCNC(=O)c2cc(Br)c(Br)[nH]2)[nH]1. The number of nitrogen functional groups attached to an aromatic ring is 1. The second-order valence-corrected chi connectivity index (χ2v) is 6.10.